The molecular formula is C15H23N5O2. The van der Waals surface area contributed by atoms with Gasteiger partial charge in [0.05, 0.1) is 25.5 Å². The predicted molar refractivity (Wildman–Crippen MR) is 82.7 cm³/mol. The van der Waals surface area contributed by atoms with Crippen molar-refractivity contribution in [1.29, 1.82) is 0 Å². The van der Waals surface area contributed by atoms with Crippen LogP contribution in [0.15, 0.2) is 12.4 Å². The number of nitrogens with two attached hydrogens (primary N) is 1. The molecule has 7 heteroatoms. The minimum absolute atomic E-state index is 0.266. The molecule has 0 saturated carbocycles. The van der Waals surface area contributed by atoms with Crippen LogP contribution < -0.4 is 10.6 Å². The van der Waals surface area contributed by atoms with E-state index in [-0.39, 0.29) is 5.91 Å². The summed E-state index contributed by atoms with van der Waals surface area (Å²) in [7, 11) is 0. The maximum absolute atomic E-state index is 11.1. The molecule has 2 aliphatic rings. The van der Waals surface area contributed by atoms with Gasteiger partial charge >= 0.3 is 0 Å². The van der Waals surface area contributed by atoms with Gasteiger partial charge in [-0.3, -0.25) is 9.69 Å². The summed E-state index contributed by atoms with van der Waals surface area (Å²) in [5.41, 5.74) is 6.37. The Balaban J connectivity index is 1.69. The minimum atomic E-state index is -0.266. The number of hydrogen-bond acceptors (Lipinski definition) is 6. The monoisotopic (exact) mass is 305 g/mol. The topological polar surface area (TPSA) is 84.6 Å². The lowest BCUT2D eigenvalue weighted by molar-refractivity contribution is -0.119. The third-order valence-electron chi connectivity index (χ3n) is 4.31. The highest BCUT2D eigenvalue weighted by atomic mass is 16.5. The van der Waals surface area contributed by atoms with Crippen LogP contribution in [0.2, 0.25) is 0 Å². The average molecular weight is 305 g/mol. The van der Waals surface area contributed by atoms with Gasteiger partial charge in [0.25, 0.3) is 0 Å². The second-order valence-electron chi connectivity index (χ2n) is 5.94. The molecule has 2 fully saturated rings. The number of primary amides is 1. The first kappa shape index (κ1) is 15.2. The summed E-state index contributed by atoms with van der Waals surface area (Å²) in [6.07, 6.45) is 3.80. The van der Waals surface area contributed by atoms with Gasteiger partial charge in [-0.05, 0) is 19.4 Å². The summed E-state index contributed by atoms with van der Waals surface area (Å²) >= 11 is 0. The number of hydrogen-bond donors (Lipinski definition) is 1. The molecule has 2 aliphatic heterocycles. The molecule has 22 heavy (non-hydrogen) atoms. The molecule has 3 rings (SSSR count). The fourth-order valence-corrected chi connectivity index (χ4v) is 3.21. The third-order valence-corrected chi connectivity index (χ3v) is 4.31. The maximum Gasteiger partial charge on any atom is 0.231 e. The average Bonchev–Trinajstić information content (AvgIpc) is 2.55. The molecule has 1 unspecified atom stereocenters. The number of rotatable bonds is 4. The summed E-state index contributed by atoms with van der Waals surface area (Å²) in [4.78, 5) is 24.3. The highest BCUT2D eigenvalue weighted by Gasteiger charge is 2.24. The second kappa shape index (κ2) is 7.02. The van der Waals surface area contributed by atoms with Gasteiger partial charge in [-0.15, -0.1) is 0 Å². The largest absolute Gasteiger partial charge is 0.378 e. The first-order chi connectivity index (χ1) is 10.7. The zero-order valence-corrected chi connectivity index (χ0v) is 12.8. The molecule has 1 atom stereocenters. The van der Waals surface area contributed by atoms with Crippen LogP contribution in [0, 0.1) is 0 Å². The highest BCUT2D eigenvalue weighted by molar-refractivity contribution is 5.75. The Morgan fingerprint density at radius 2 is 2.14 bits per heavy atom. The van der Waals surface area contributed by atoms with Gasteiger partial charge in [0.1, 0.15) is 12.1 Å². The van der Waals surface area contributed by atoms with Gasteiger partial charge in [-0.1, -0.05) is 0 Å². The van der Waals surface area contributed by atoms with Crippen molar-refractivity contribution in [3.05, 3.63) is 18.1 Å². The van der Waals surface area contributed by atoms with E-state index >= 15 is 0 Å². The van der Waals surface area contributed by atoms with Crippen molar-refractivity contribution in [1.82, 2.24) is 14.9 Å². The van der Waals surface area contributed by atoms with Gasteiger partial charge in [0.15, 0.2) is 0 Å². The fraction of sp³-hybridized carbons (Fsp3) is 0.667. The molecule has 0 radical (unpaired) electrons. The first-order valence-corrected chi connectivity index (χ1v) is 7.87. The Hall–Kier alpha value is -1.73. The lowest BCUT2D eigenvalue weighted by Gasteiger charge is -2.32. The molecular weight excluding hydrogens is 282 g/mol. The summed E-state index contributed by atoms with van der Waals surface area (Å²) in [6.45, 7) is 5.33. The number of aromatic nitrogens is 2. The van der Waals surface area contributed by atoms with Gasteiger partial charge in [0.2, 0.25) is 5.91 Å². The zero-order valence-electron chi connectivity index (χ0n) is 12.8. The van der Waals surface area contributed by atoms with E-state index in [1.165, 1.54) is 0 Å². The Morgan fingerprint density at radius 3 is 2.91 bits per heavy atom. The van der Waals surface area contributed by atoms with Crippen molar-refractivity contribution in [3.63, 3.8) is 0 Å². The molecule has 3 heterocycles. The van der Waals surface area contributed by atoms with Crippen LogP contribution >= 0.6 is 0 Å². The Kier molecular flexibility index (Phi) is 4.84. The Labute approximate surface area is 130 Å². The number of morpholine rings is 1. The van der Waals surface area contributed by atoms with E-state index in [2.05, 4.69) is 25.8 Å². The molecule has 1 amide bonds. The van der Waals surface area contributed by atoms with Gasteiger partial charge in [0, 0.05) is 31.6 Å². The van der Waals surface area contributed by atoms with Crippen LogP contribution in [-0.2, 0) is 9.53 Å². The van der Waals surface area contributed by atoms with Crippen LogP contribution in [-0.4, -0.2) is 66.7 Å². The molecule has 0 bridgehead atoms. The number of anilines is 1. The predicted octanol–water partition coefficient (Wildman–Crippen LogP) is -0.0221. The Morgan fingerprint density at radius 1 is 1.32 bits per heavy atom. The number of carbonyl (C=O) groups is 1. The standard InChI is InChI=1S/C15H23N5O2/c16-14(21)10-19-3-1-2-12(9-19)13-8-15(18-11-17-13)20-4-6-22-7-5-20/h8,11-12H,1-7,9-10H2,(H2,16,21). The van der Waals surface area contributed by atoms with Crippen LogP contribution in [0.3, 0.4) is 0 Å². The van der Waals surface area contributed by atoms with Crippen LogP contribution in [0.25, 0.3) is 0 Å². The first-order valence-electron chi connectivity index (χ1n) is 7.87. The van der Waals surface area contributed by atoms with E-state index < -0.39 is 0 Å². The second-order valence-corrected chi connectivity index (χ2v) is 5.94. The molecule has 2 saturated heterocycles. The third kappa shape index (κ3) is 3.72. The fourth-order valence-electron chi connectivity index (χ4n) is 3.21. The van der Waals surface area contributed by atoms with Crippen molar-refractivity contribution in [2.24, 2.45) is 5.73 Å². The Bertz CT molecular complexity index is 518. The van der Waals surface area contributed by atoms with Crippen molar-refractivity contribution >= 4 is 11.7 Å². The van der Waals surface area contributed by atoms with Crippen molar-refractivity contribution in [2.45, 2.75) is 18.8 Å². The summed E-state index contributed by atoms with van der Waals surface area (Å²) < 4.78 is 5.38. The molecule has 0 aliphatic carbocycles. The zero-order chi connectivity index (χ0) is 15.4. The van der Waals surface area contributed by atoms with E-state index in [1.807, 2.05) is 0 Å². The van der Waals surface area contributed by atoms with Gasteiger partial charge < -0.3 is 15.4 Å². The van der Waals surface area contributed by atoms with Crippen LogP contribution in [0.4, 0.5) is 5.82 Å². The number of likely N-dealkylation sites (tertiary alicyclic amines) is 1. The number of ether oxygens (including phenoxy) is 1. The molecule has 0 spiro atoms. The van der Waals surface area contributed by atoms with E-state index in [1.54, 1.807) is 6.33 Å². The molecule has 0 aromatic carbocycles. The smallest absolute Gasteiger partial charge is 0.231 e. The lowest BCUT2D eigenvalue weighted by atomic mass is 9.94. The summed E-state index contributed by atoms with van der Waals surface area (Å²) in [6, 6.07) is 2.09. The summed E-state index contributed by atoms with van der Waals surface area (Å²) in [5.74, 6) is 1.05. The molecule has 1 aromatic heterocycles. The van der Waals surface area contributed by atoms with Crippen LogP contribution in [0.1, 0.15) is 24.5 Å². The molecule has 2 N–H and O–H groups in total. The van der Waals surface area contributed by atoms with Crippen molar-refractivity contribution < 1.29 is 9.53 Å². The molecule has 1 aromatic rings. The minimum Gasteiger partial charge on any atom is -0.378 e. The quantitative estimate of drug-likeness (QED) is 0.841. The number of piperidine rings is 1. The van der Waals surface area contributed by atoms with Gasteiger partial charge in [-0.2, -0.15) is 0 Å². The molecule has 7 nitrogen and oxygen atoms in total. The van der Waals surface area contributed by atoms with Crippen molar-refractivity contribution in [2.75, 3.05) is 50.8 Å². The SMILES string of the molecule is NC(=O)CN1CCCC(c2cc(N3CCOCC3)ncn2)C1. The normalized spacial score (nSPS) is 23.5. The van der Waals surface area contributed by atoms with Crippen LogP contribution in [0.5, 0.6) is 0 Å². The van der Waals surface area contributed by atoms with E-state index in [4.69, 9.17) is 10.5 Å². The highest BCUT2D eigenvalue weighted by Crippen LogP contribution is 2.27. The molecule has 120 valence electrons. The maximum atomic E-state index is 11.1. The number of nitrogens with zero attached hydrogens (tertiary/aromatic N) is 4. The van der Waals surface area contributed by atoms with Gasteiger partial charge in [-0.25, -0.2) is 9.97 Å². The lowest BCUT2D eigenvalue weighted by Crippen LogP contribution is -2.40. The number of carbonyl (C=O) groups excluding carboxylic acids is 1. The number of amides is 1. The van der Waals surface area contributed by atoms with E-state index in [9.17, 15) is 4.79 Å². The summed E-state index contributed by atoms with van der Waals surface area (Å²) in [5, 5.41) is 0. The van der Waals surface area contributed by atoms with E-state index in [0.717, 1.165) is 63.7 Å². The van der Waals surface area contributed by atoms with Crippen molar-refractivity contribution in [3.8, 4) is 0 Å². The van der Waals surface area contributed by atoms with E-state index in [0.29, 0.717) is 12.5 Å².